The molecule has 0 aromatic carbocycles. The maximum Gasteiger partial charge on any atom is 0.243 e. The summed E-state index contributed by atoms with van der Waals surface area (Å²) in [5.41, 5.74) is 0. The minimum atomic E-state index is -0.863. The third kappa shape index (κ3) is 5.79. The zero-order chi connectivity index (χ0) is 8.85. The number of hydrogen-bond acceptors (Lipinski definition) is 2. The molecule has 0 fully saturated rings. The summed E-state index contributed by atoms with van der Waals surface area (Å²) in [6, 6.07) is -0.0497. The summed E-state index contributed by atoms with van der Waals surface area (Å²) >= 11 is 0. The van der Waals surface area contributed by atoms with Gasteiger partial charge in [-0.2, -0.15) is 0 Å². The van der Waals surface area contributed by atoms with Crippen LogP contribution >= 0.6 is 0 Å². The molecule has 0 saturated carbocycles. The van der Waals surface area contributed by atoms with E-state index in [4.69, 9.17) is 0 Å². The van der Waals surface area contributed by atoms with Gasteiger partial charge in [0.2, 0.25) is 5.91 Å². The number of carbonyl (C=O) groups is 1. The Morgan fingerprint density at radius 2 is 2.36 bits per heavy atom. The third-order valence-corrected chi connectivity index (χ3v) is 2.03. The summed E-state index contributed by atoms with van der Waals surface area (Å²) in [7, 11) is -0.863. The Morgan fingerprint density at radius 3 is 2.73 bits per heavy atom. The largest absolute Gasteiger partial charge is 0.349 e. The minimum Gasteiger partial charge on any atom is -0.349 e. The highest BCUT2D eigenvalue weighted by Gasteiger charge is 2.04. The molecular formula is C7H13NO2S. The Labute approximate surface area is 69.3 Å². The van der Waals surface area contributed by atoms with E-state index in [2.05, 4.69) is 11.9 Å². The molecule has 0 aliphatic rings. The maximum atomic E-state index is 10.7. The van der Waals surface area contributed by atoms with Crippen LogP contribution in [0.3, 0.4) is 0 Å². The molecule has 0 radical (unpaired) electrons. The number of amides is 1. The predicted molar refractivity (Wildman–Crippen MR) is 46.7 cm³/mol. The lowest BCUT2D eigenvalue weighted by Crippen LogP contribution is -2.34. The van der Waals surface area contributed by atoms with Crippen molar-refractivity contribution < 1.29 is 9.00 Å². The molecule has 0 saturated heterocycles. The fraction of sp³-hybridized carbons (Fsp3) is 0.571. The van der Waals surface area contributed by atoms with Crippen LogP contribution in [-0.4, -0.2) is 28.2 Å². The van der Waals surface area contributed by atoms with Crippen molar-refractivity contribution in [3.8, 4) is 0 Å². The first-order valence-corrected chi connectivity index (χ1v) is 5.02. The van der Waals surface area contributed by atoms with Gasteiger partial charge in [0.25, 0.3) is 0 Å². The normalized spacial score (nSPS) is 15.1. The molecule has 0 bridgehead atoms. The van der Waals surface area contributed by atoms with Crippen molar-refractivity contribution in [3.63, 3.8) is 0 Å². The standard InChI is InChI=1S/C7H13NO2S/c1-4-7(9)8-6(2)5-11(3)10/h4,6H,1,5H2,2-3H3,(H,8,9)/t6-,11?/m0/s1. The smallest absolute Gasteiger partial charge is 0.243 e. The number of nitrogens with one attached hydrogen (secondary N) is 1. The van der Waals surface area contributed by atoms with Crippen LogP contribution in [0.15, 0.2) is 12.7 Å². The summed E-state index contributed by atoms with van der Waals surface area (Å²) in [6.07, 6.45) is 2.81. The minimum absolute atomic E-state index is 0.0497. The fourth-order valence-corrected chi connectivity index (χ4v) is 1.48. The van der Waals surface area contributed by atoms with E-state index in [1.165, 1.54) is 6.08 Å². The second-order valence-corrected chi connectivity index (χ2v) is 3.83. The lowest BCUT2D eigenvalue weighted by Gasteiger charge is -2.09. The summed E-state index contributed by atoms with van der Waals surface area (Å²) in [5, 5.41) is 2.61. The Morgan fingerprint density at radius 1 is 1.82 bits per heavy atom. The molecule has 0 aromatic heterocycles. The molecule has 4 heteroatoms. The van der Waals surface area contributed by atoms with Crippen molar-refractivity contribution in [1.82, 2.24) is 5.32 Å². The van der Waals surface area contributed by atoms with Gasteiger partial charge >= 0.3 is 0 Å². The Kier molecular flexibility index (Phi) is 4.77. The molecule has 3 nitrogen and oxygen atoms in total. The molecule has 0 aliphatic heterocycles. The highest BCUT2D eigenvalue weighted by Crippen LogP contribution is 1.85. The zero-order valence-electron chi connectivity index (χ0n) is 6.79. The van der Waals surface area contributed by atoms with Crippen LogP contribution in [0.25, 0.3) is 0 Å². The molecule has 0 aromatic rings. The Bertz CT molecular complexity index is 179. The van der Waals surface area contributed by atoms with E-state index in [1.807, 2.05) is 6.92 Å². The SMILES string of the molecule is C=CC(=O)N[C@@H](C)CS(C)=O. The number of rotatable bonds is 4. The van der Waals surface area contributed by atoms with Crippen molar-refractivity contribution in [2.75, 3.05) is 12.0 Å². The van der Waals surface area contributed by atoms with Crippen molar-refractivity contribution in [2.45, 2.75) is 13.0 Å². The van der Waals surface area contributed by atoms with Gasteiger partial charge in [-0.25, -0.2) is 0 Å². The van der Waals surface area contributed by atoms with Gasteiger partial charge in [-0.05, 0) is 13.0 Å². The predicted octanol–water partition coefficient (Wildman–Crippen LogP) is 0.0556. The second kappa shape index (κ2) is 5.07. The van der Waals surface area contributed by atoms with Crippen LogP contribution in [0.2, 0.25) is 0 Å². The lowest BCUT2D eigenvalue weighted by molar-refractivity contribution is -0.116. The van der Waals surface area contributed by atoms with Gasteiger partial charge in [-0.3, -0.25) is 9.00 Å². The first-order chi connectivity index (χ1) is 5.06. The first-order valence-electron chi connectivity index (χ1n) is 3.29. The highest BCUT2D eigenvalue weighted by atomic mass is 32.2. The van der Waals surface area contributed by atoms with Crippen LogP contribution in [0.5, 0.6) is 0 Å². The van der Waals surface area contributed by atoms with E-state index in [9.17, 15) is 9.00 Å². The number of carbonyl (C=O) groups excluding carboxylic acids is 1. The van der Waals surface area contributed by atoms with Crippen molar-refractivity contribution in [2.24, 2.45) is 0 Å². The van der Waals surface area contributed by atoms with Crippen molar-refractivity contribution in [3.05, 3.63) is 12.7 Å². The molecule has 11 heavy (non-hydrogen) atoms. The Balaban J connectivity index is 3.68. The lowest BCUT2D eigenvalue weighted by atomic mass is 10.4. The monoisotopic (exact) mass is 175 g/mol. The van der Waals surface area contributed by atoms with E-state index in [-0.39, 0.29) is 11.9 Å². The van der Waals surface area contributed by atoms with Gasteiger partial charge in [0.15, 0.2) is 0 Å². The topological polar surface area (TPSA) is 46.2 Å². The molecule has 0 rings (SSSR count). The van der Waals surface area contributed by atoms with E-state index in [0.717, 1.165) is 0 Å². The van der Waals surface area contributed by atoms with E-state index in [0.29, 0.717) is 5.75 Å². The van der Waals surface area contributed by atoms with Crippen LogP contribution in [-0.2, 0) is 15.6 Å². The van der Waals surface area contributed by atoms with Crippen LogP contribution < -0.4 is 5.32 Å². The first kappa shape index (κ1) is 10.4. The molecular weight excluding hydrogens is 162 g/mol. The van der Waals surface area contributed by atoms with Crippen molar-refractivity contribution in [1.29, 1.82) is 0 Å². The summed E-state index contributed by atoms with van der Waals surface area (Å²) < 4.78 is 10.7. The highest BCUT2D eigenvalue weighted by molar-refractivity contribution is 7.84. The van der Waals surface area contributed by atoms with E-state index < -0.39 is 10.8 Å². The van der Waals surface area contributed by atoms with Gasteiger partial charge < -0.3 is 5.32 Å². The Hall–Kier alpha value is -0.640. The summed E-state index contributed by atoms with van der Waals surface area (Å²) in [4.78, 5) is 10.7. The zero-order valence-corrected chi connectivity index (χ0v) is 7.61. The van der Waals surface area contributed by atoms with E-state index in [1.54, 1.807) is 6.26 Å². The number of hydrogen-bond donors (Lipinski definition) is 1. The van der Waals surface area contributed by atoms with Gasteiger partial charge in [-0.15, -0.1) is 0 Å². The molecule has 0 aliphatic carbocycles. The molecule has 0 heterocycles. The van der Waals surface area contributed by atoms with Crippen molar-refractivity contribution >= 4 is 16.7 Å². The second-order valence-electron chi connectivity index (χ2n) is 2.35. The van der Waals surface area contributed by atoms with E-state index >= 15 is 0 Å². The quantitative estimate of drug-likeness (QED) is 0.614. The average molecular weight is 175 g/mol. The molecule has 0 spiro atoms. The van der Waals surface area contributed by atoms with Crippen LogP contribution in [0, 0.1) is 0 Å². The summed E-state index contributed by atoms with van der Waals surface area (Å²) in [6.45, 7) is 5.11. The van der Waals surface area contributed by atoms with Gasteiger partial charge in [0, 0.05) is 28.9 Å². The molecule has 1 unspecified atom stereocenters. The molecule has 2 atom stereocenters. The van der Waals surface area contributed by atoms with Crippen LogP contribution in [0.1, 0.15) is 6.92 Å². The molecule has 1 N–H and O–H groups in total. The van der Waals surface area contributed by atoms with Crippen LogP contribution in [0.4, 0.5) is 0 Å². The molecule has 1 amide bonds. The third-order valence-electron chi connectivity index (χ3n) is 1.06. The summed E-state index contributed by atoms with van der Waals surface area (Å²) in [5.74, 6) is 0.266. The maximum absolute atomic E-state index is 10.7. The van der Waals surface area contributed by atoms with Gasteiger partial charge in [-0.1, -0.05) is 6.58 Å². The van der Waals surface area contributed by atoms with Gasteiger partial charge in [0.1, 0.15) is 0 Å². The molecule has 64 valence electrons. The van der Waals surface area contributed by atoms with Gasteiger partial charge in [0.05, 0.1) is 0 Å². The fourth-order valence-electron chi connectivity index (χ4n) is 0.696. The average Bonchev–Trinajstić information content (AvgIpc) is 1.85.